The Hall–Kier alpha value is -1.40. The van der Waals surface area contributed by atoms with E-state index < -0.39 is 21.9 Å². The molecule has 0 spiro atoms. The Morgan fingerprint density at radius 3 is 2.83 bits per heavy atom. The standard InChI is InChI=1S/C18H26FNO3S/c1-3-4-5-6-11-24(21,22)20-14(2)16-9-10-17(19)18(12-16)23-13-15-7-8-15/h6,9-12,14-15,20H,3-5,7-8,13H2,1-2H3/b11-6+/t14-/m1/s1. The van der Waals surface area contributed by atoms with Crippen LogP contribution in [0, 0.1) is 11.7 Å². The zero-order chi connectivity index (χ0) is 17.6. The first kappa shape index (κ1) is 18.9. The minimum Gasteiger partial charge on any atom is -0.490 e. The number of hydrogen-bond donors (Lipinski definition) is 1. The van der Waals surface area contributed by atoms with Gasteiger partial charge in [0, 0.05) is 11.4 Å². The van der Waals surface area contributed by atoms with E-state index in [4.69, 9.17) is 4.74 Å². The van der Waals surface area contributed by atoms with Gasteiger partial charge in [-0.25, -0.2) is 17.5 Å². The zero-order valence-corrected chi connectivity index (χ0v) is 15.1. The molecular weight excluding hydrogens is 329 g/mol. The summed E-state index contributed by atoms with van der Waals surface area (Å²) in [4.78, 5) is 0. The minimum absolute atomic E-state index is 0.184. The third kappa shape index (κ3) is 6.24. The van der Waals surface area contributed by atoms with Gasteiger partial charge in [-0.15, -0.1) is 0 Å². The summed E-state index contributed by atoms with van der Waals surface area (Å²) in [5.41, 5.74) is 0.674. The molecule has 1 aromatic rings. The van der Waals surface area contributed by atoms with Crippen molar-refractivity contribution in [1.29, 1.82) is 0 Å². The molecule has 1 saturated carbocycles. The van der Waals surface area contributed by atoms with Gasteiger partial charge in [-0.2, -0.15) is 0 Å². The van der Waals surface area contributed by atoms with Crippen LogP contribution in [-0.2, 0) is 10.0 Å². The summed E-state index contributed by atoms with van der Waals surface area (Å²) in [5, 5.41) is 1.20. The molecule has 2 rings (SSSR count). The average Bonchev–Trinajstić information content (AvgIpc) is 3.34. The number of halogens is 1. The first-order valence-electron chi connectivity index (χ1n) is 8.52. The Morgan fingerprint density at radius 2 is 2.17 bits per heavy atom. The molecule has 0 unspecified atom stereocenters. The third-order valence-corrected chi connectivity index (χ3v) is 5.20. The SMILES string of the molecule is CCCC/C=C/S(=O)(=O)N[C@H](C)c1ccc(F)c(OCC2CC2)c1. The molecule has 24 heavy (non-hydrogen) atoms. The maximum absolute atomic E-state index is 13.8. The highest BCUT2D eigenvalue weighted by Crippen LogP contribution is 2.31. The van der Waals surface area contributed by atoms with Crippen LogP contribution in [0.3, 0.4) is 0 Å². The predicted octanol–water partition coefficient (Wildman–Crippen LogP) is 4.30. The van der Waals surface area contributed by atoms with Crippen molar-refractivity contribution >= 4 is 10.0 Å². The maximum Gasteiger partial charge on any atom is 0.233 e. The molecular formula is C18H26FNO3S. The average molecular weight is 355 g/mol. The summed E-state index contributed by atoms with van der Waals surface area (Å²) < 4.78 is 46.0. The van der Waals surface area contributed by atoms with Crippen LogP contribution < -0.4 is 9.46 Å². The van der Waals surface area contributed by atoms with Crippen LogP contribution >= 0.6 is 0 Å². The van der Waals surface area contributed by atoms with Gasteiger partial charge in [0.15, 0.2) is 11.6 Å². The molecule has 6 heteroatoms. The first-order chi connectivity index (χ1) is 11.4. The smallest absolute Gasteiger partial charge is 0.233 e. The minimum atomic E-state index is -3.51. The monoisotopic (exact) mass is 355 g/mol. The second-order valence-corrected chi connectivity index (χ2v) is 7.94. The Balaban J connectivity index is 1.98. The van der Waals surface area contributed by atoms with E-state index in [-0.39, 0.29) is 5.75 Å². The summed E-state index contributed by atoms with van der Waals surface area (Å²) in [6.45, 7) is 4.30. The molecule has 1 fully saturated rings. The number of allylic oxidation sites excluding steroid dienone is 1. The van der Waals surface area contributed by atoms with E-state index >= 15 is 0 Å². The van der Waals surface area contributed by atoms with Crippen LogP contribution in [0.15, 0.2) is 29.7 Å². The van der Waals surface area contributed by atoms with Gasteiger partial charge < -0.3 is 4.74 Å². The molecule has 1 aliphatic rings. The van der Waals surface area contributed by atoms with Crippen LogP contribution in [0.2, 0.25) is 0 Å². The van der Waals surface area contributed by atoms with Crippen LogP contribution in [-0.4, -0.2) is 15.0 Å². The van der Waals surface area contributed by atoms with Crippen molar-refractivity contribution in [2.45, 2.75) is 52.0 Å². The van der Waals surface area contributed by atoms with Gasteiger partial charge in [-0.05, 0) is 49.8 Å². The molecule has 0 aliphatic heterocycles. The highest BCUT2D eigenvalue weighted by molar-refractivity contribution is 7.92. The van der Waals surface area contributed by atoms with Gasteiger partial charge in [-0.1, -0.05) is 31.9 Å². The number of ether oxygens (including phenoxy) is 1. The van der Waals surface area contributed by atoms with Crippen molar-refractivity contribution < 1.29 is 17.5 Å². The molecule has 0 radical (unpaired) electrons. The molecule has 1 N–H and O–H groups in total. The lowest BCUT2D eigenvalue weighted by Crippen LogP contribution is -2.24. The molecule has 0 saturated heterocycles. The van der Waals surface area contributed by atoms with Crippen molar-refractivity contribution in [2.24, 2.45) is 5.92 Å². The highest BCUT2D eigenvalue weighted by atomic mass is 32.2. The summed E-state index contributed by atoms with van der Waals surface area (Å²) in [6.07, 6.45) is 6.63. The fourth-order valence-electron chi connectivity index (χ4n) is 2.26. The van der Waals surface area contributed by atoms with Crippen LogP contribution in [0.25, 0.3) is 0 Å². The molecule has 134 valence electrons. The number of nitrogens with one attached hydrogen (secondary N) is 1. The van der Waals surface area contributed by atoms with Crippen molar-refractivity contribution in [2.75, 3.05) is 6.61 Å². The molecule has 1 aliphatic carbocycles. The zero-order valence-electron chi connectivity index (χ0n) is 14.3. The summed E-state index contributed by atoms with van der Waals surface area (Å²) in [7, 11) is -3.51. The summed E-state index contributed by atoms with van der Waals surface area (Å²) >= 11 is 0. The fraction of sp³-hybridized carbons (Fsp3) is 0.556. The van der Waals surface area contributed by atoms with Crippen molar-refractivity contribution in [3.63, 3.8) is 0 Å². The maximum atomic E-state index is 13.8. The third-order valence-electron chi connectivity index (χ3n) is 3.97. The second kappa shape index (κ2) is 8.62. The topological polar surface area (TPSA) is 55.4 Å². The van der Waals surface area contributed by atoms with Crippen molar-refractivity contribution in [1.82, 2.24) is 4.72 Å². The van der Waals surface area contributed by atoms with Gasteiger partial charge in [0.1, 0.15) is 0 Å². The number of rotatable bonds is 10. The van der Waals surface area contributed by atoms with E-state index in [9.17, 15) is 12.8 Å². The molecule has 0 aromatic heterocycles. The Kier molecular flexibility index (Phi) is 6.80. The molecule has 4 nitrogen and oxygen atoms in total. The van der Waals surface area contributed by atoms with Gasteiger partial charge >= 0.3 is 0 Å². The lowest BCUT2D eigenvalue weighted by molar-refractivity contribution is 0.285. The van der Waals surface area contributed by atoms with E-state index in [2.05, 4.69) is 11.6 Å². The van der Waals surface area contributed by atoms with Crippen molar-refractivity contribution in [3.05, 3.63) is 41.1 Å². The quantitative estimate of drug-likeness (QED) is 0.637. The van der Waals surface area contributed by atoms with Gasteiger partial charge in [0.2, 0.25) is 10.0 Å². The van der Waals surface area contributed by atoms with Gasteiger partial charge in [0.25, 0.3) is 0 Å². The fourth-order valence-corrected chi connectivity index (χ4v) is 3.36. The lowest BCUT2D eigenvalue weighted by Gasteiger charge is -2.15. The summed E-state index contributed by atoms with van der Waals surface area (Å²) in [6, 6.07) is 4.01. The first-order valence-corrected chi connectivity index (χ1v) is 10.1. The Morgan fingerprint density at radius 1 is 1.42 bits per heavy atom. The van der Waals surface area contributed by atoms with Crippen LogP contribution in [0.5, 0.6) is 5.75 Å². The lowest BCUT2D eigenvalue weighted by atomic mass is 10.1. The molecule has 0 heterocycles. The largest absolute Gasteiger partial charge is 0.490 e. The second-order valence-electron chi connectivity index (χ2n) is 6.34. The Labute approximate surface area is 144 Å². The molecule has 0 amide bonds. The van der Waals surface area contributed by atoms with Crippen LogP contribution in [0.4, 0.5) is 4.39 Å². The highest BCUT2D eigenvalue weighted by Gasteiger charge is 2.23. The molecule has 0 bridgehead atoms. The van der Waals surface area contributed by atoms with E-state index in [0.29, 0.717) is 18.1 Å². The molecule has 1 aromatic carbocycles. The Bertz CT molecular complexity index is 669. The van der Waals surface area contributed by atoms with Gasteiger partial charge in [0.05, 0.1) is 6.61 Å². The number of hydrogen-bond acceptors (Lipinski definition) is 3. The molecule has 1 atom stereocenters. The van der Waals surface area contributed by atoms with E-state index in [1.807, 2.05) is 0 Å². The van der Waals surface area contributed by atoms with Gasteiger partial charge in [-0.3, -0.25) is 0 Å². The van der Waals surface area contributed by atoms with E-state index in [1.165, 1.54) is 11.5 Å². The number of unbranched alkanes of at least 4 members (excludes halogenated alkanes) is 2. The van der Waals surface area contributed by atoms with E-state index in [0.717, 1.165) is 32.1 Å². The normalized spacial score (nSPS) is 16.5. The predicted molar refractivity (Wildman–Crippen MR) is 93.8 cm³/mol. The summed E-state index contributed by atoms with van der Waals surface area (Å²) in [5.74, 6) is 0.287. The number of benzene rings is 1. The number of sulfonamides is 1. The van der Waals surface area contributed by atoms with Crippen LogP contribution in [0.1, 0.15) is 57.6 Å². The van der Waals surface area contributed by atoms with Crippen molar-refractivity contribution in [3.8, 4) is 5.75 Å². The van der Waals surface area contributed by atoms with E-state index in [1.54, 1.807) is 25.1 Å².